The molecule has 27 heavy (non-hydrogen) atoms. The summed E-state index contributed by atoms with van der Waals surface area (Å²) in [5.74, 6) is 1.23. The molecule has 2 aromatic heterocycles. The minimum absolute atomic E-state index is 0.0279. The van der Waals surface area contributed by atoms with Crippen molar-refractivity contribution in [3.63, 3.8) is 0 Å². The van der Waals surface area contributed by atoms with Crippen LogP contribution in [0.15, 0.2) is 12.3 Å². The molecule has 0 aromatic carbocycles. The van der Waals surface area contributed by atoms with Gasteiger partial charge in [-0.3, -0.25) is 14.8 Å². The molecule has 1 fully saturated rings. The summed E-state index contributed by atoms with van der Waals surface area (Å²) in [7, 11) is 2.16. The van der Waals surface area contributed by atoms with Crippen molar-refractivity contribution in [3.05, 3.63) is 40.7 Å². The first-order valence-electron chi connectivity index (χ1n) is 9.92. The van der Waals surface area contributed by atoms with Crippen LogP contribution in [0.1, 0.15) is 78.3 Å². The molecule has 1 saturated heterocycles. The number of piperidine rings is 1. The zero-order chi connectivity index (χ0) is 19.0. The summed E-state index contributed by atoms with van der Waals surface area (Å²) in [5.41, 5.74) is 3.62. The summed E-state index contributed by atoms with van der Waals surface area (Å²) in [5, 5.41) is 7.16. The maximum atomic E-state index is 12.8. The largest absolute Gasteiger partial charge is 0.332 e. The summed E-state index contributed by atoms with van der Waals surface area (Å²) in [6.45, 7) is 6.50. The minimum Gasteiger partial charge on any atom is -0.332 e. The van der Waals surface area contributed by atoms with Gasteiger partial charge in [0.25, 0.3) is 5.91 Å². The van der Waals surface area contributed by atoms with Crippen molar-refractivity contribution in [2.75, 3.05) is 20.1 Å². The van der Waals surface area contributed by atoms with Crippen LogP contribution >= 0.6 is 0 Å². The van der Waals surface area contributed by atoms with Gasteiger partial charge in [0, 0.05) is 37.0 Å². The highest BCUT2D eigenvalue weighted by Gasteiger charge is 2.28. The van der Waals surface area contributed by atoms with Crippen LogP contribution in [-0.4, -0.2) is 56.0 Å². The molecule has 2 aromatic rings. The van der Waals surface area contributed by atoms with E-state index in [1.165, 1.54) is 12.8 Å². The quantitative estimate of drug-likeness (QED) is 0.901. The molecule has 1 N–H and O–H groups in total. The normalized spacial score (nSPS) is 20.7. The average Bonchev–Trinajstić information content (AvgIpc) is 3.17. The lowest BCUT2D eigenvalue weighted by atomic mass is 10.0. The van der Waals surface area contributed by atoms with Gasteiger partial charge < -0.3 is 4.90 Å². The predicted molar refractivity (Wildman–Crippen MR) is 102 cm³/mol. The number of likely N-dealkylation sites (tertiary alicyclic amines) is 1. The second kappa shape index (κ2) is 7.38. The zero-order valence-corrected chi connectivity index (χ0v) is 16.4. The van der Waals surface area contributed by atoms with Gasteiger partial charge in [-0.15, -0.1) is 0 Å². The molecule has 0 spiro atoms. The molecule has 1 atom stereocenters. The van der Waals surface area contributed by atoms with Crippen LogP contribution in [0.2, 0.25) is 0 Å². The summed E-state index contributed by atoms with van der Waals surface area (Å²) < 4.78 is 0. The highest BCUT2D eigenvalue weighted by atomic mass is 16.2. The number of hydrogen-bond acceptors (Lipinski definition) is 5. The van der Waals surface area contributed by atoms with E-state index >= 15 is 0 Å². The highest BCUT2D eigenvalue weighted by molar-refractivity contribution is 5.92. The van der Waals surface area contributed by atoms with Crippen molar-refractivity contribution in [3.8, 4) is 0 Å². The molecule has 2 aliphatic rings. The van der Waals surface area contributed by atoms with Crippen molar-refractivity contribution >= 4 is 5.91 Å². The number of nitrogens with zero attached hydrogens (tertiary/aromatic N) is 5. The number of carbonyl (C=O) groups excluding carboxylic acids is 1. The molecular weight excluding hydrogens is 340 g/mol. The van der Waals surface area contributed by atoms with E-state index < -0.39 is 0 Å². The van der Waals surface area contributed by atoms with E-state index in [1.54, 1.807) is 0 Å². The van der Waals surface area contributed by atoms with Crippen LogP contribution in [0, 0.1) is 0 Å². The molecule has 0 saturated carbocycles. The number of hydrogen-bond donors (Lipinski definition) is 1. The number of H-pyrrole nitrogens is 1. The third-order valence-electron chi connectivity index (χ3n) is 5.75. The highest BCUT2D eigenvalue weighted by Crippen LogP contribution is 2.28. The minimum atomic E-state index is -0.0279. The number of rotatable bonds is 3. The van der Waals surface area contributed by atoms with Gasteiger partial charge in [0.05, 0.1) is 11.7 Å². The van der Waals surface area contributed by atoms with E-state index in [9.17, 15) is 4.79 Å². The molecule has 0 aliphatic carbocycles. The van der Waals surface area contributed by atoms with Gasteiger partial charge in [-0.25, -0.2) is 9.97 Å². The second-order valence-corrected chi connectivity index (χ2v) is 8.03. The Morgan fingerprint density at radius 1 is 1.30 bits per heavy atom. The van der Waals surface area contributed by atoms with Crippen LogP contribution in [0.5, 0.6) is 0 Å². The number of fused-ring (bicyclic) bond motifs is 1. The summed E-state index contributed by atoms with van der Waals surface area (Å²) in [6, 6.07) is 2.18. The van der Waals surface area contributed by atoms with E-state index in [4.69, 9.17) is 4.98 Å². The van der Waals surface area contributed by atoms with Gasteiger partial charge >= 0.3 is 0 Å². The molecule has 144 valence electrons. The van der Waals surface area contributed by atoms with Crippen molar-refractivity contribution in [1.82, 2.24) is 30.0 Å². The Bertz CT molecular complexity index is 830. The van der Waals surface area contributed by atoms with Crippen LogP contribution in [0.4, 0.5) is 0 Å². The molecule has 7 heteroatoms. The number of amides is 1. The summed E-state index contributed by atoms with van der Waals surface area (Å²) >= 11 is 0. The Morgan fingerprint density at radius 3 is 2.89 bits per heavy atom. The van der Waals surface area contributed by atoms with E-state index in [2.05, 4.69) is 41.0 Å². The van der Waals surface area contributed by atoms with E-state index in [-0.39, 0.29) is 5.91 Å². The Morgan fingerprint density at radius 2 is 2.15 bits per heavy atom. The van der Waals surface area contributed by atoms with Crippen LogP contribution in [0.3, 0.4) is 0 Å². The van der Waals surface area contributed by atoms with E-state index in [0.717, 1.165) is 42.2 Å². The molecule has 4 rings (SSSR count). The standard InChI is InChI=1S/C20H28N6O/c1-13(2)16-10-17(24-23-16)20(27)26-9-7-15-14(12-26)11-21-19(22-15)18-6-4-5-8-25(18)3/h10-11,13,18H,4-9,12H2,1-3H3,(H,23,24)/t18-/m1/s1. The molecule has 2 aliphatic heterocycles. The van der Waals surface area contributed by atoms with Crippen molar-refractivity contribution in [1.29, 1.82) is 0 Å². The first kappa shape index (κ1) is 18.1. The van der Waals surface area contributed by atoms with Crippen molar-refractivity contribution < 1.29 is 4.79 Å². The topological polar surface area (TPSA) is 78.0 Å². The zero-order valence-electron chi connectivity index (χ0n) is 16.4. The fraction of sp³-hybridized carbons (Fsp3) is 0.600. The number of aromatic nitrogens is 4. The van der Waals surface area contributed by atoms with Crippen LogP contribution in [-0.2, 0) is 13.0 Å². The molecule has 7 nitrogen and oxygen atoms in total. The maximum absolute atomic E-state index is 12.8. The van der Waals surface area contributed by atoms with Gasteiger partial charge in [0.2, 0.25) is 0 Å². The van der Waals surface area contributed by atoms with Gasteiger partial charge in [-0.05, 0) is 38.4 Å². The van der Waals surface area contributed by atoms with Gasteiger partial charge in [-0.2, -0.15) is 5.10 Å². The van der Waals surface area contributed by atoms with Gasteiger partial charge in [0.15, 0.2) is 0 Å². The number of carbonyl (C=O) groups is 1. The lowest BCUT2D eigenvalue weighted by molar-refractivity contribution is 0.0726. The Labute approximate surface area is 160 Å². The lowest BCUT2D eigenvalue weighted by Crippen LogP contribution is -2.37. The van der Waals surface area contributed by atoms with Gasteiger partial charge in [0.1, 0.15) is 11.5 Å². The summed E-state index contributed by atoms with van der Waals surface area (Å²) in [6.07, 6.45) is 6.30. The SMILES string of the molecule is CC(C)c1cc(C(=O)N2CCc3nc([C@H]4CCCCN4C)ncc3C2)n[nH]1. The summed E-state index contributed by atoms with van der Waals surface area (Å²) in [4.78, 5) is 26.5. The predicted octanol–water partition coefficient (Wildman–Crippen LogP) is 2.68. The smallest absolute Gasteiger partial charge is 0.274 e. The molecular formula is C20H28N6O. The monoisotopic (exact) mass is 368 g/mol. The van der Waals surface area contributed by atoms with E-state index in [1.807, 2.05) is 17.2 Å². The van der Waals surface area contributed by atoms with Crippen LogP contribution in [0.25, 0.3) is 0 Å². The van der Waals surface area contributed by atoms with Crippen molar-refractivity contribution in [2.45, 2.75) is 58.0 Å². The van der Waals surface area contributed by atoms with Crippen LogP contribution < -0.4 is 0 Å². The fourth-order valence-electron chi connectivity index (χ4n) is 3.97. The third-order valence-corrected chi connectivity index (χ3v) is 5.75. The Hall–Kier alpha value is -2.28. The first-order valence-corrected chi connectivity index (χ1v) is 9.92. The number of nitrogens with one attached hydrogen (secondary N) is 1. The maximum Gasteiger partial charge on any atom is 0.274 e. The Balaban J connectivity index is 1.49. The number of aromatic amines is 1. The molecule has 0 bridgehead atoms. The van der Waals surface area contributed by atoms with E-state index in [0.29, 0.717) is 30.7 Å². The molecule has 1 amide bonds. The second-order valence-electron chi connectivity index (χ2n) is 8.03. The third kappa shape index (κ3) is 3.60. The Kier molecular flexibility index (Phi) is 4.95. The molecule has 0 unspecified atom stereocenters. The fourth-order valence-corrected chi connectivity index (χ4v) is 3.97. The molecule has 0 radical (unpaired) electrons. The average molecular weight is 368 g/mol. The lowest BCUT2D eigenvalue weighted by Gasteiger charge is -2.32. The first-order chi connectivity index (χ1) is 13.0. The van der Waals surface area contributed by atoms with Gasteiger partial charge in [-0.1, -0.05) is 20.3 Å². The van der Waals surface area contributed by atoms with Crippen molar-refractivity contribution in [2.24, 2.45) is 0 Å². The molecule has 4 heterocycles.